The first kappa shape index (κ1) is 24.9. The molecule has 1 aromatic heterocycles. The van der Waals surface area contributed by atoms with Crippen LogP contribution >= 0.6 is 0 Å². The highest BCUT2D eigenvalue weighted by Gasteiger charge is 2.22. The van der Waals surface area contributed by atoms with Crippen molar-refractivity contribution in [2.75, 3.05) is 0 Å². The molecule has 4 nitrogen and oxygen atoms in total. The molecule has 1 N–H and O–H groups in total. The minimum Gasteiger partial charge on any atom is -0.380 e. The molecule has 2 unspecified atom stereocenters. The molecule has 1 aliphatic carbocycles. The topological polar surface area (TPSA) is 50.7 Å². The zero-order chi connectivity index (χ0) is 27.6. The average molecular weight is 531 g/mol. The Morgan fingerprint density at radius 2 is 1.39 bits per heavy atom. The Labute approximate surface area is 240 Å². The van der Waals surface area contributed by atoms with Crippen molar-refractivity contribution in [2.24, 2.45) is 0 Å². The highest BCUT2D eigenvalue weighted by atomic mass is 15.0. The van der Waals surface area contributed by atoms with E-state index in [0.29, 0.717) is 11.6 Å². The zero-order valence-electron chi connectivity index (χ0n) is 22.9. The van der Waals surface area contributed by atoms with Crippen LogP contribution in [0.3, 0.4) is 0 Å². The maximum atomic E-state index is 5.07. The molecule has 41 heavy (non-hydrogen) atoms. The fraction of sp³-hybridized carbons (Fsp3) is 0.108. The molecule has 198 valence electrons. The van der Waals surface area contributed by atoms with Crippen LogP contribution in [0.25, 0.3) is 40.0 Å². The van der Waals surface area contributed by atoms with Crippen molar-refractivity contribution in [3.63, 3.8) is 0 Å². The van der Waals surface area contributed by atoms with Crippen LogP contribution in [-0.4, -0.2) is 15.0 Å². The van der Waals surface area contributed by atoms with E-state index in [9.17, 15) is 0 Å². The number of nitrogens with one attached hydrogen (secondary N) is 1. The molecule has 0 fully saturated rings. The van der Waals surface area contributed by atoms with Crippen LogP contribution in [0.2, 0.25) is 0 Å². The van der Waals surface area contributed by atoms with Gasteiger partial charge in [0.1, 0.15) is 5.82 Å². The summed E-state index contributed by atoms with van der Waals surface area (Å²) in [4.78, 5) is 15.1. The summed E-state index contributed by atoms with van der Waals surface area (Å²) in [6.45, 7) is 2.15. The van der Waals surface area contributed by atoms with Crippen molar-refractivity contribution in [2.45, 2.75) is 25.3 Å². The first-order chi connectivity index (χ1) is 20.2. The van der Waals surface area contributed by atoms with Gasteiger partial charge >= 0.3 is 0 Å². The highest BCUT2D eigenvalue weighted by Crippen LogP contribution is 2.32. The lowest BCUT2D eigenvalue weighted by Crippen LogP contribution is -2.18. The Morgan fingerprint density at radius 1 is 0.683 bits per heavy atom. The molecule has 0 amide bonds. The normalized spacial score (nSPS) is 17.4. The summed E-state index contributed by atoms with van der Waals surface area (Å²) in [5.74, 6) is 2.26. The molecule has 0 saturated carbocycles. The number of nitrogens with zero attached hydrogens (tertiary/aromatic N) is 3. The van der Waals surface area contributed by atoms with E-state index in [1.807, 2.05) is 18.3 Å². The SMILES string of the molecule is CC1=CC=CNC1c1cccc(-c2nc(-c3ccc(-c4ccccc4)cc3)nc(C3C=Cc4ccccc4C3)n2)c1. The van der Waals surface area contributed by atoms with E-state index in [-0.39, 0.29) is 12.0 Å². The molecule has 2 aliphatic rings. The van der Waals surface area contributed by atoms with E-state index in [2.05, 4.69) is 128 Å². The second-order valence-corrected chi connectivity index (χ2v) is 10.6. The highest BCUT2D eigenvalue weighted by molar-refractivity contribution is 5.69. The fourth-order valence-corrected chi connectivity index (χ4v) is 5.64. The third-order valence-corrected chi connectivity index (χ3v) is 7.89. The van der Waals surface area contributed by atoms with Gasteiger partial charge in [-0.15, -0.1) is 0 Å². The summed E-state index contributed by atoms with van der Waals surface area (Å²) in [5, 5.41) is 3.48. The van der Waals surface area contributed by atoms with Gasteiger partial charge < -0.3 is 5.32 Å². The van der Waals surface area contributed by atoms with Crippen LogP contribution in [0, 0.1) is 0 Å². The molecular formula is C37H30N4. The number of allylic oxidation sites excluding steroid dienone is 3. The van der Waals surface area contributed by atoms with Gasteiger partial charge in [-0.3, -0.25) is 0 Å². The Kier molecular flexibility index (Phi) is 6.58. The number of hydrogen-bond donors (Lipinski definition) is 1. The molecule has 0 bridgehead atoms. The van der Waals surface area contributed by atoms with Gasteiger partial charge in [-0.1, -0.05) is 115 Å². The molecular weight excluding hydrogens is 500 g/mol. The minimum atomic E-state index is 0.0764. The maximum absolute atomic E-state index is 5.07. The molecule has 0 spiro atoms. The third-order valence-electron chi connectivity index (χ3n) is 7.89. The Hall–Kier alpha value is -5.09. The van der Waals surface area contributed by atoms with Gasteiger partial charge in [0, 0.05) is 17.0 Å². The first-order valence-corrected chi connectivity index (χ1v) is 14.1. The number of benzene rings is 4. The quantitative estimate of drug-likeness (QED) is 0.248. The van der Waals surface area contributed by atoms with E-state index in [1.54, 1.807) is 0 Å². The van der Waals surface area contributed by atoms with Gasteiger partial charge in [0.15, 0.2) is 11.6 Å². The van der Waals surface area contributed by atoms with E-state index >= 15 is 0 Å². The number of dihydropyridines is 1. The van der Waals surface area contributed by atoms with Crippen molar-refractivity contribution in [3.8, 4) is 33.9 Å². The molecule has 4 aromatic carbocycles. The number of fused-ring (bicyclic) bond motifs is 1. The Bertz CT molecular complexity index is 1800. The van der Waals surface area contributed by atoms with Crippen molar-refractivity contribution >= 4 is 6.08 Å². The number of hydrogen-bond acceptors (Lipinski definition) is 4. The van der Waals surface area contributed by atoms with Crippen LogP contribution in [0.1, 0.15) is 41.4 Å². The Balaban J connectivity index is 1.30. The lowest BCUT2D eigenvalue weighted by Gasteiger charge is -2.22. The standard InChI is InChI=1S/C37H30N4/c1-25-9-8-22-38-34(25)31-14-7-15-32(24-31)36-39-35(29-19-16-28(17-20-29)26-10-3-2-4-11-26)40-37(41-36)33-21-18-27-12-5-6-13-30(27)23-33/h2-22,24,33-34,38H,23H2,1H3. The molecule has 7 rings (SSSR count). The predicted molar refractivity (Wildman–Crippen MR) is 167 cm³/mol. The van der Waals surface area contributed by atoms with E-state index in [1.165, 1.54) is 33.4 Å². The van der Waals surface area contributed by atoms with Gasteiger partial charge in [0.2, 0.25) is 0 Å². The van der Waals surface area contributed by atoms with Crippen molar-refractivity contribution in [1.82, 2.24) is 20.3 Å². The van der Waals surface area contributed by atoms with Gasteiger partial charge in [0.25, 0.3) is 0 Å². The van der Waals surface area contributed by atoms with Crippen molar-refractivity contribution in [3.05, 3.63) is 156 Å². The fourth-order valence-electron chi connectivity index (χ4n) is 5.64. The maximum Gasteiger partial charge on any atom is 0.163 e. The average Bonchev–Trinajstić information content (AvgIpc) is 3.05. The second-order valence-electron chi connectivity index (χ2n) is 10.6. The van der Waals surface area contributed by atoms with Gasteiger partial charge in [0.05, 0.1) is 6.04 Å². The smallest absolute Gasteiger partial charge is 0.163 e. The largest absolute Gasteiger partial charge is 0.380 e. The Morgan fingerprint density at radius 3 is 2.22 bits per heavy atom. The minimum absolute atomic E-state index is 0.0764. The van der Waals surface area contributed by atoms with E-state index in [4.69, 9.17) is 15.0 Å². The summed E-state index contributed by atoms with van der Waals surface area (Å²) in [6, 6.07) is 36.1. The van der Waals surface area contributed by atoms with Crippen LogP contribution in [0.5, 0.6) is 0 Å². The molecule has 5 aromatic rings. The van der Waals surface area contributed by atoms with E-state index in [0.717, 1.165) is 23.4 Å². The molecule has 2 heterocycles. The van der Waals surface area contributed by atoms with Crippen LogP contribution in [0.4, 0.5) is 0 Å². The summed E-state index contributed by atoms with van der Waals surface area (Å²) in [5.41, 5.74) is 9.35. The molecule has 0 saturated heterocycles. The summed E-state index contributed by atoms with van der Waals surface area (Å²) in [6.07, 6.45) is 11.5. The molecule has 2 atom stereocenters. The monoisotopic (exact) mass is 530 g/mol. The zero-order valence-corrected chi connectivity index (χ0v) is 22.9. The van der Waals surface area contributed by atoms with Gasteiger partial charge in [-0.2, -0.15) is 0 Å². The lowest BCUT2D eigenvalue weighted by molar-refractivity contribution is 0.703. The molecule has 4 heteroatoms. The second kappa shape index (κ2) is 10.8. The lowest BCUT2D eigenvalue weighted by atomic mass is 9.89. The summed E-state index contributed by atoms with van der Waals surface area (Å²) >= 11 is 0. The van der Waals surface area contributed by atoms with Crippen LogP contribution in [0.15, 0.2) is 133 Å². The summed E-state index contributed by atoms with van der Waals surface area (Å²) < 4.78 is 0. The van der Waals surface area contributed by atoms with Crippen molar-refractivity contribution in [1.29, 1.82) is 0 Å². The number of rotatable bonds is 5. The van der Waals surface area contributed by atoms with Crippen molar-refractivity contribution < 1.29 is 0 Å². The van der Waals surface area contributed by atoms with E-state index < -0.39 is 0 Å². The van der Waals surface area contributed by atoms with Crippen LogP contribution in [-0.2, 0) is 6.42 Å². The van der Waals surface area contributed by atoms with Crippen LogP contribution < -0.4 is 5.32 Å². The summed E-state index contributed by atoms with van der Waals surface area (Å²) in [7, 11) is 0. The number of aromatic nitrogens is 3. The molecule has 0 radical (unpaired) electrons. The van der Waals surface area contributed by atoms with Gasteiger partial charge in [-0.25, -0.2) is 15.0 Å². The predicted octanol–water partition coefficient (Wildman–Crippen LogP) is 8.33. The molecule has 1 aliphatic heterocycles. The van der Waals surface area contributed by atoms with Gasteiger partial charge in [-0.05, 0) is 65.1 Å². The first-order valence-electron chi connectivity index (χ1n) is 14.1. The third kappa shape index (κ3) is 5.12.